The molecule has 0 atom stereocenters. The normalized spacial score (nSPS) is 10.7. The first-order chi connectivity index (χ1) is 9.49. The summed E-state index contributed by atoms with van der Waals surface area (Å²) in [7, 11) is 0. The number of para-hydroxylation sites is 1. The minimum absolute atomic E-state index is 0.124. The fraction of sp³-hybridized carbons (Fsp3) is 0.188. The van der Waals surface area contributed by atoms with Crippen LogP contribution >= 0.6 is 0 Å². The van der Waals surface area contributed by atoms with Crippen LogP contribution in [0.2, 0.25) is 0 Å². The number of hydrogen-bond donors (Lipinski definition) is 0. The van der Waals surface area contributed by atoms with Gasteiger partial charge in [-0.15, -0.1) is 0 Å². The molecule has 0 aliphatic carbocycles. The standard InChI is InChI=1S/C16H14F2O2/c1-10(2)20-15-6-4-3-5-12(15)16(19)13-9-11(17)7-8-14(13)18/h3-10H,1-2H3. The molecule has 0 heterocycles. The quantitative estimate of drug-likeness (QED) is 0.789. The first-order valence-corrected chi connectivity index (χ1v) is 6.24. The highest BCUT2D eigenvalue weighted by Crippen LogP contribution is 2.24. The van der Waals surface area contributed by atoms with E-state index < -0.39 is 17.4 Å². The number of carbonyl (C=O) groups excluding carboxylic acids is 1. The van der Waals surface area contributed by atoms with Gasteiger partial charge in [-0.1, -0.05) is 12.1 Å². The Bertz CT molecular complexity index is 636. The fourth-order valence-electron chi connectivity index (χ4n) is 1.83. The Balaban J connectivity index is 2.45. The highest BCUT2D eigenvalue weighted by atomic mass is 19.1. The van der Waals surface area contributed by atoms with Crippen LogP contribution in [0, 0.1) is 11.6 Å². The number of hydrogen-bond acceptors (Lipinski definition) is 2. The van der Waals surface area contributed by atoms with Gasteiger partial charge in [0.15, 0.2) is 5.78 Å². The van der Waals surface area contributed by atoms with Crippen molar-refractivity contribution in [3.8, 4) is 5.75 Å². The number of rotatable bonds is 4. The molecule has 0 saturated heterocycles. The van der Waals surface area contributed by atoms with Crippen molar-refractivity contribution in [1.82, 2.24) is 0 Å². The second kappa shape index (κ2) is 5.82. The monoisotopic (exact) mass is 276 g/mol. The molecule has 0 aliphatic rings. The first kappa shape index (κ1) is 14.2. The van der Waals surface area contributed by atoms with Crippen LogP contribution in [-0.2, 0) is 0 Å². The Morgan fingerprint density at radius 2 is 1.75 bits per heavy atom. The number of ketones is 1. The summed E-state index contributed by atoms with van der Waals surface area (Å²) in [5.41, 5.74) is -0.0875. The summed E-state index contributed by atoms with van der Waals surface area (Å²) in [5.74, 6) is -1.65. The van der Waals surface area contributed by atoms with Gasteiger partial charge in [-0.25, -0.2) is 8.78 Å². The van der Waals surface area contributed by atoms with Gasteiger partial charge in [-0.3, -0.25) is 4.79 Å². The molecule has 104 valence electrons. The van der Waals surface area contributed by atoms with Gasteiger partial charge < -0.3 is 4.74 Å². The van der Waals surface area contributed by atoms with E-state index in [1.807, 2.05) is 13.8 Å². The van der Waals surface area contributed by atoms with E-state index in [-0.39, 0.29) is 17.2 Å². The van der Waals surface area contributed by atoms with Crippen LogP contribution in [-0.4, -0.2) is 11.9 Å². The molecule has 0 aromatic heterocycles. The lowest BCUT2D eigenvalue weighted by molar-refractivity contribution is 0.102. The topological polar surface area (TPSA) is 26.3 Å². The summed E-state index contributed by atoms with van der Waals surface area (Å²) in [4.78, 5) is 12.3. The van der Waals surface area contributed by atoms with Crippen molar-refractivity contribution in [2.24, 2.45) is 0 Å². The van der Waals surface area contributed by atoms with Gasteiger partial charge >= 0.3 is 0 Å². The molecule has 0 spiro atoms. The number of halogens is 2. The summed E-state index contributed by atoms with van der Waals surface area (Å²) in [6.45, 7) is 3.65. The van der Waals surface area contributed by atoms with Gasteiger partial charge in [-0.05, 0) is 44.2 Å². The number of ether oxygens (including phenoxy) is 1. The molecule has 0 radical (unpaired) electrons. The lowest BCUT2D eigenvalue weighted by Crippen LogP contribution is -2.11. The van der Waals surface area contributed by atoms with Crippen molar-refractivity contribution in [3.63, 3.8) is 0 Å². The van der Waals surface area contributed by atoms with Gasteiger partial charge in [0, 0.05) is 0 Å². The molecular weight excluding hydrogens is 262 g/mol. The molecule has 0 N–H and O–H groups in total. The summed E-state index contributed by atoms with van der Waals surface area (Å²) in [6, 6.07) is 9.34. The van der Waals surface area contributed by atoms with Crippen molar-refractivity contribution in [1.29, 1.82) is 0 Å². The third kappa shape index (κ3) is 3.02. The summed E-state index contributed by atoms with van der Waals surface area (Å²) < 4.78 is 32.4. The Hall–Kier alpha value is -2.23. The SMILES string of the molecule is CC(C)Oc1ccccc1C(=O)c1cc(F)ccc1F. The van der Waals surface area contributed by atoms with Crippen LogP contribution in [0.1, 0.15) is 29.8 Å². The minimum atomic E-state index is -0.754. The number of benzene rings is 2. The predicted octanol–water partition coefficient (Wildman–Crippen LogP) is 3.98. The second-order valence-corrected chi connectivity index (χ2v) is 4.62. The predicted molar refractivity (Wildman–Crippen MR) is 72.0 cm³/mol. The molecule has 2 rings (SSSR count). The molecule has 2 aromatic carbocycles. The van der Waals surface area contributed by atoms with Crippen molar-refractivity contribution in [2.45, 2.75) is 20.0 Å². The summed E-state index contributed by atoms with van der Waals surface area (Å²) in [6.07, 6.45) is -0.124. The highest BCUT2D eigenvalue weighted by molar-refractivity contribution is 6.10. The average molecular weight is 276 g/mol. The molecule has 0 bridgehead atoms. The Labute approximate surface area is 116 Å². The lowest BCUT2D eigenvalue weighted by Gasteiger charge is -2.13. The molecule has 20 heavy (non-hydrogen) atoms. The van der Waals surface area contributed by atoms with E-state index in [4.69, 9.17) is 4.74 Å². The lowest BCUT2D eigenvalue weighted by atomic mass is 10.0. The average Bonchev–Trinajstić information content (AvgIpc) is 2.41. The van der Waals surface area contributed by atoms with Gasteiger partial charge in [0.05, 0.1) is 17.2 Å². The molecular formula is C16H14F2O2. The zero-order chi connectivity index (χ0) is 14.7. The van der Waals surface area contributed by atoms with E-state index >= 15 is 0 Å². The van der Waals surface area contributed by atoms with Crippen LogP contribution in [0.25, 0.3) is 0 Å². The zero-order valence-electron chi connectivity index (χ0n) is 11.2. The van der Waals surface area contributed by atoms with Crippen LogP contribution in [0.4, 0.5) is 8.78 Å². The van der Waals surface area contributed by atoms with Crippen LogP contribution < -0.4 is 4.74 Å². The molecule has 0 amide bonds. The Morgan fingerprint density at radius 1 is 1.05 bits per heavy atom. The molecule has 2 aromatic rings. The molecule has 0 fully saturated rings. The van der Waals surface area contributed by atoms with E-state index in [9.17, 15) is 13.6 Å². The third-order valence-electron chi connectivity index (χ3n) is 2.67. The maximum atomic E-state index is 13.7. The van der Waals surface area contributed by atoms with Crippen LogP contribution in [0.5, 0.6) is 5.75 Å². The van der Waals surface area contributed by atoms with Crippen molar-refractivity contribution in [2.75, 3.05) is 0 Å². The van der Waals surface area contributed by atoms with E-state index in [0.717, 1.165) is 18.2 Å². The highest BCUT2D eigenvalue weighted by Gasteiger charge is 2.19. The maximum absolute atomic E-state index is 13.7. The van der Waals surface area contributed by atoms with E-state index in [1.54, 1.807) is 18.2 Å². The van der Waals surface area contributed by atoms with E-state index in [0.29, 0.717) is 5.75 Å². The van der Waals surface area contributed by atoms with Crippen LogP contribution in [0.3, 0.4) is 0 Å². The van der Waals surface area contributed by atoms with Crippen molar-refractivity contribution < 1.29 is 18.3 Å². The van der Waals surface area contributed by atoms with Gasteiger partial charge in [-0.2, -0.15) is 0 Å². The molecule has 0 aliphatic heterocycles. The van der Waals surface area contributed by atoms with Gasteiger partial charge in [0.2, 0.25) is 0 Å². The molecule has 2 nitrogen and oxygen atoms in total. The fourth-order valence-corrected chi connectivity index (χ4v) is 1.83. The van der Waals surface area contributed by atoms with E-state index in [2.05, 4.69) is 0 Å². The second-order valence-electron chi connectivity index (χ2n) is 4.62. The largest absolute Gasteiger partial charge is 0.490 e. The summed E-state index contributed by atoms with van der Waals surface area (Å²) >= 11 is 0. The van der Waals surface area contributed by atoms with Crippen molar-refractivity contribution in [3.05, 3.63) is 65.2 Å². The Morgan fingerprint density at radius 3 is 2.45 bits per heavy atom. The minimum Gasteiger partial charge on any atom is -0.490 e. The molecule has 4 heteroatoms. The smallest absolute Gasteiger partial charge is 0.199 e. The van der Waals surface area contributed by atoms with Crippen molar-refractivity contribution >= 4 is 5.78 Å². The first-order valence-electron chi connectivity index (χ1n) is 6.24. The molecule has 0 unspecified atom stereocenters. The maximum Gasteiger partial charge on any atom is 0.199 e. The zero-order valence-corrected chi connectivity index (χ0v) is 11.2. The molecule has 0 saturated carbocycles. The van der Waals surface area contributed by atoms with Gasteiger partial charge in [0.1, 0.15) is 17.4 Å². The van der Waals surface area contributed by atoms with E-state index in [1.165, 1.54) is 6.07 Å². The van der Waals surface area contributed by atoms with Crippen LogP contribution in [0.15, 0.2) is 42.5 Å². The third-order valence-corrected chi connectivity index (χ3v) is 2.67. The number of carbonyl (C=O) groups is 1. The van der Waals surface area contributed by atoms with Gasteiger partial charge in [0.25, 0.3) is 0 Å². The summed E-state index contributed by atoms with van der Waals surface area (Å²) in [5, 5.41) is 0. The Kier molecular flexibility index (Phi) is 4.13.